The lowest BCUT2D eigenvalue weighted by atomic mass is 9.93. The zero-order chi connectivity index (χ0) is 34.4. The standard InChI is InChI=1S/C50H36N2/c1-2-14-35(15-3-1)37-28-30-40(31-29-37)51(49-24-12-13-25-50(49)52-46-22-10-8-20-44(46)45-21-9-11-23-47(45)52)48-33-32-41(42-18-6-7-19-43(42)48)39-27-26-36-16-4-5-17-38(36)34-39/h1-28,30,32-34H,29,31H2. The van der Waals surface area contributed by atoms with E-state index in [1.54, 1.807) is 0 Å². The van der Waals surface area contributed by atoms with E-state index in [-0.39, 0.29) is 0 Å². The number of rotatable bonds is 6. The van der Waals surface area contributed by atoms with E-state index in [1.165, 1.54) is 77.0 Å². The maximum absolute atomic E-state index is 2.53. The lowest BCUT2D eigenvalue weighted by molar-refractivity contribution is 0.928. The van der Waals surface area contributed by atoms with Crippen molar-refractivity contribution in [2.75, 3.05) is 4.90 Å². The van der Waals surface area contributed by atoms with Gasteiger partial charge in [0, 0.05) is 21.9 Å². The van der Waals surface area contributed by atoms with Gasteiger partial charge in [-0.05, 0) is 93.7 Å². The minimum atomic E-state index is 0.920. The van der Waals surface area contributed by atoms with Gasteiger partial charge in [0.1, 0.15) is 0 Å². The van der Waals surface area contributed by atoms with Crippen molar-refractivity contribution in [2.24, 2.45) is 0 Å². The summed E-state index contributed by atoms with van der Waals surface area (Å²) in [5.74, 6) is 0. The Bertz CT molecular complexity index is 2800. The summed E-state index contributed by atoms with van der Waals surface area (Å²) in [5.41, 5.74) is 12.3. The van der Waals surface area contributed by atoms with E-state index in [2.05, 4.69) is 204 Å². The molecule has 1 heterocycles. The molecule has 52 heavy (non-hydrogen) atoms. The SMILES string of the molecule is C1=C(c2ccccc2)CCC(N(c2ccccc2-n2c3ccccc3c3ccccc32)c2ccc(-c3ccc4ccccc4c3)c3ccccc23)=C1. The number of hydrogen-bond acceptors (Lipinski definition) is 1. The summed E-state index contributed by atoms with van der Waals surface area (Å²) in [6.45, 7) is 0. The summed E-state index contributed by atoms with van der Waals surface area (Å²) >= 11 is 0. The van der Waals surface area contributed by atoms with Gasteiger partial charge in [-0.15, -0.1) is 0 Å². The smallest absolute Gasteiger partial charge is 0.0702 e. The van der Waals surface area contributed by atoms with Crippen molar-refractivity contribution in [1.29, 1.82) is 0 Å². The van der Waals surface area contributed by atoms with Crippen molar-refractivity contribution in [3.63, 3.8) is 0 Å². The Morgan fingerprint density at radius 3 is 1.79 bits per heavy atom. The first kappa shape index (κ1) is 30.2. The Hall–Kier alpha value is -6.64. The number of aromatic nitrogens is 1. The fourth-order valence-corrected chi connectivity index (χ4v) is 8.26. The van der Waals surface area contributed by atoms with Crippen LogP contribution in [0.2, 0.25) is 0 Å². The number of hydrogen-bond donors (Lipinski definition) is 0. The molecule has 1 aromatic heterocycles. The highest BCUT2D eigenvalue weighted by molar-refractivity contribution is 6.10. The second kappa shape index (κ2) is 12.6. The van der Waals surface area contributed by atoms with Gasteiger partial charge in [-0.2, -0.15) is 0 Å². The van der Waals surface area contributed by atoms with Gasteiger partial charge < -0.3 is 9.47 Å². The predicted octanol–water partition coefficient (Wildman–Crippen LogP) is 13.7. The molecule has 0 bridgehead atoms. The van der Waals surface area contributed by atoms with Crippen molar-refractivity contribution < 1.29 is 0 Å². The minimum Gasteiger partial charge on any atom is -0.312 e. The number of anilines is 2. The van der Waals surface area contributed by atoms with Crippen molar-refractivity contribution in [3.05, 3.63) is 205 Å². The largest absolute Gasteiger partial charge is 0.312 e. The molecule has 0 N–H and O–H groups in total. The maximum atomic E-state index is 2.53. The normalized spacial score (nSPS) is 13.1. The summed E-state index contributed by atoms with van der Waals surface area (Å²) < 4.78 is 2.45. The van der Waals surface area contributed by atoms with Crippen LogP contribution in [-0.2, 0) is 0 Å². The number of allylic oxidation sites excluding steroid dienone is 4. The summed E-state index contributed by atoms with van der Waals surface area (Å²) in [5, 5.41) is 7.50. The van der Waals surface area contributed by atoms with Gasteiger partial charge in [0.15, 0.2) is 0 Å². The average Bonchev–Trinajstić information content (AvgIpc) is 3.56. The molecule has 9 aromatic rings. The van der Waals surface area contributed by atoms with Crippen LogP contribution in [0.4, 0.5) is 11.4 Å². The monoisotopic (exact) mass is 664 g/mol. The Kier molecular flexibility index (Phi) is 7.32. The Balaban J connectivity index is 1.22. The highest BCUT2D eigenvalue weighted by Gasteiger charge is 2.25. The number of nitrogens with zero attached hydrogens (tertiary/aromatic N) is 2. The Morgan fingerprint density at radius 1 is 0.404 bits per heavy atom. The molecule has 0 unspecified atom stereocenters. The van der Waals surface area contributed by atoms with Gasteiger partial charge >= 0.3 is 0 Å². The van der Waals surface area contributed by atoms with E-state index in [9.17, 15) is 0 Å². The molecule has 10 rings (SSSR count). The Morgan fingerprint density at radius 2 is 1.04 bits per heavy atom. The Labute approximate surface area is 303 Å². The van der Waals surface area contributed by atoms with E-state index < -0.39 is 0 Å². The molecule has 0 spiro atoms. The van der Waals surface area contributed by atoms with Crippen molar-refractivity contribution in [1.82, 2.24) is 4.57 Å². The zero-order valence-corrected chi connectivity index (χ0v) is 28.8. The summed E-state index contributed by atoms with van der Waals surface area (Å²) in [4.78, 5) is 2.53. The van der Waals surface area contributed by atoms with Crippen LogP contribution >= 0.6 is 0 Å². The molecule has 8 aromatic carbocycles. The second-order valence-electron chi connectivity index (χ2n) is 13.6. The molecule has 2 heteroatoms. The van der Waals surface area contributed by atoms with Gasteiger partial charge in [-0.1, -0.05) is 152 Å². The summed E-state index contributed by atoms with van der Waals surface area (Å²) in [7, 11) is 0. The van der Waals surface area contributed by atoms with Crippen LogP contribution in [-0.4, -0.2) is 4.57 Å². The van der Waals surface area contributed by atoms with E-state index >= 15 is 0 Å². The lowest BCUT2D eigenvalue weighted by Crippen LogP contribution is -2.20. The van der Waals surface area contributed by atoms with Gasteiger partial charge in [0.2, 0.25) is 0 Å². The van der Waals surface area contributed by atoms with Crippen LogP contribution in [0.1, 0.15) is 18.4 Å². The van der Waals surface area contributed by atoms with Crippen LogP contribution in [0.15, 0.2) is 200 Å². The molecular weight excluding hydrogens is 629 g/mol. The predicted molar refractivity (Wildman–Crippen MR) is 222 cm³/mol. The molecule has 246 valence electrons. The molecular formula is C50H36N2. The van der Waals surface area contributed by atoms with Gasteiger partial charge in [0.05, 0.1) is 28.1 Å². The van der Waals surface area contributed by atoms with Crippen molar-refractivity contribution in [2.45, 2.75) is 12.8 Å². The molecule has 2 nitrogen and oxygen atoms in total. The third-order valence-electron chi connectivity index (χ3n) is 10.7. The third-order valence-corrected chi connectivity index (χ3v) is 10.7. The van der Waals surface area contributed by atoms with Gasteiger partial charge in [0.25, 0.3) is 0 Å². The maximum Gasteiger partial charge on any atom is 0.0702 e. The fraction of sp³-hybridized carbons (Fsp3) is 0.0400. The molecule has 1 aliphatic carbocycles. The van der Waals surface area contributed by atoms with Crippen molar-refractivity contribution >= 4 is 60.3 Å². The van der Waals surface area contributed by atoms with E-state index in [1.807, 2.05) is 0 Å². The molecule has 0 fully saturated rings. The first-order valence-electron chi connectivity index (χ1n) is 18.2. The molecule has 0 saturated carbocycles. The van der Waals surface area contributed by atoms with E-state index in [0.29, 0.717) is 0 Å². The minimum absolute atomic E-state index is 0.920. The highest BCUT2D eigenvalue weighted by atomic mass is 15.2. The number of fused-ring (bicyclic) bond motifs is 5. The van der Waals surface area contributed by atoms with E-state index in [4.69, 9.17) is 0 Å². The summed E-state index contributed by atoms with van der Waals surface area (Å²) in [6, 6.07) is 66.3. The summed E-state index contributed by atoms with van der Waals surface area (Å²) in [6.07, 6.45) is 6.57. The van der Waals surface area contributed by atoms with Crippen molar-refractivity contribution in [3.8, 4) is 16.8 Å². The molecule has 1 aliphatic rings. The number of para-hydroxylation sites is 4. The van der Waals surface area contributed by atoms with Crippen LogP contribution in [0.5, 0.6) is 0 Å². The first-order valence-corrected chi connectivity index (χ1v) is 18.2. The van der Waals surface area contributed by atoms with Gasteiger partial charge in [-0.3, -0.25) is 0 Å². The quantitative estimate of drug-likeness (QED) is 0.172. The molecule has 0 atom stereocenters. The van der Waals surface area contributed by atoms with E-state index in [0.717, 1.165) is 24.2 Å². The zero-order valence-electron chi connectivity index (χ0n) is 28.8. The molecule has 0 aliphatic heterocycles. The first-order chi connectivity index (χ1) is 25.8. The molecule has 0 radical (unpaired) electrons. The highest BCUT2D eigenvalue weighted by Crippen LogP contribution is 2.45. The average molecular weight is 665 g/mol. The van der Waals surface area contributed by atoms with Crippen LogP contribution < -0.4 is 4.90 Å². The van der Waals surface area contributed by atoms with Crippen LogP contribution in [0.3, 0.4) is 0 Å². The lowest BCUT2D eigenvalue weighted by Gasteiger charge is -2.33. The van der Waals surface area contributed by atoms with Crippen LogP contribution in [0, 0.1) is 0 Å². The fourth-order valence-electron chi connectivity index (χ4n) is 8.26. The van der Waals surface area contributed by atoms with Crippen LogP contribution in [0.25, 0.3) is 65.7 Å². The molecule has 0 amide bonds. The second-order valence-corrected chi connectivity index (χ2v) is 13.6. The number of benzene rings is 8. The third kappa shape index (κ3) is 5.03. The van der Waals surface area contributed by atoms with Gasteiger partial charge in [-0.25, -0.2) is 0 Å². The topological polar surface area (TPSA) is 8.17 Å². The molecule has 0 saturated heterocycles.